The summed E-state index contributed by atoms with van der Waals surface area (Å²) in [5.41, 5.74) is 1.35. The van der Waals surface area contributed by atoms with Crippen LogP contribution in [0.3, 0.4) is 0 Å². The molecule has 0 aliphatic carbocycles. The first-order valence-electron chi connectivity index (χ1n) is 12.6. The number of carbonyl (C=O) groups excluding carboxylic acids is 2. The Hall–Kier alpha value is -3.22. The predicted octanol–water partition coefficient (Wildman–Crippen LogP) is 5.30. The van der Waals surface area contributed by atoms with Crippen LogP contribution < -0.4 is 5.32 Å². The lowest BCUT2D eigenvalue weighted by Gasteiger charge is -2.51. The van der Waals surface area contributed by atoms with Gasteiger partial charge in [0.15, 0.2) is 0 Å². The third-order valence-corrected chi connectivity index (χ3v) is 7.67. The van der Waals surface area contributed by atoms with Crippen molar-refractivity contribution in [1.82, 2.24) is 15.2 Å². The molecule has 1 aliphatic heterocycles. The van der Waals surface area contributed by atoms with Crippen LogP contribution in [-0.4, -0.2) is 45.9 Å². The molecule has 2 N–H and O–H groups in total. The van der Waals surface area contributed by atoms with Gasteiger partial charge in [-0.15, -0.1) is 0 Å². The average Bonchev–Trinajstić information content (AvgIpc) is 2.89. The minimum Gasteiger partial charge on any atom is -0.384 e. The molecule has 4 rings (SSSR count). The summed E-state index contributed by atoms with van der Waals surface area (Å²) in [6.07, 6.45) is 3.84. The van der Waals surface area contributed by atoms with Crippen molar-refractivity contribution in [3.05, 3.63) is 89.2 Å². The fourth-order valence-corrected chi connectivity index (χ4v) is 5.21. The number of nitrogens with zero attached hydrogens (tertiary/aromatic N) is 2. The number of likely N-dealkylation sites (tertiary alicyclic amines) is 1. The van der Waals surface area contributed by atoms with Crippen LogP contribution in [-0.2, 0) is 10.4 Å². The maximum Gasteiger partial charge on any atom is 0.251 e. The molecule has 194 valence electrons. The summed E-state index contributed by atoms with van der Waals surface area (Å²) >= 11 is 6.05. The van der Waals surface area contributed by atoms with E-state index in [1.54, 1.807) is 35.5 Å². The summed E-state index contributed by atoms with van der Waals surface area (Å²) in [6.45, 7) is 8.53. The molecule has 0 radical (unpaired) electrons. The highest BCUT2D eigenvalue weighted by molar-refractivity contribution is 6.30. The second-order valence-corrected chi connectivity index (χ2v) is 11.2. The Morgan fingerprint density at radius 3 is 2.38 bits per heavy atom. The largest absolute Gasteiger partial charge is 0.384 e. The highest BCUT2D eigenvalue weighted by Crippen LogP contribution is 2.46. The summed E-state index contributed by atoms with van der Waals surface area (Å²) < 4.78 is 0. The van der Waals surface area contributed by atoms with E-state index in [0.717, 1.165) is 16.7 Å². The lowest BCUT2D eigenvalue weighted by atomic mass is 9.66. The van der Waals surface area contributed by atoms with E-state index in [1.807, 2.05) is 70.2 Å². The Labute approximate surface area is 223 Å². The summed E-state index contributed by atoms with van der Waals surface area (Å²) in [5, 5.41) is 15.2. The highest BCUT2D eigenvalue weighted by Gasteiger charge is 2.50. The molecule has 7 heteroatoms. The smallest absolute Gasteiger partial charge is 0.251 e. The van der Waals surface area contributed by atoms with E-state index >= 15 is 0 Å². The van der Waals surface area contributed by atoms with E-state index < -0.39 is 17.1 Å². The van der Waals surface area contributed by atoms with Crippen LogP contribution in [0.25, 0.3) is 11.1 Å². The molecule has 0 bridgehead atoms. The molecular weight excluding hydrogens is 486 g/mol. The predicted molar refractivity (Wildman–Crippen MR) is 146 cm³/mol. The summed E-state index contributed by atoms with van der Waals surface area (Å²) in [7, 11) is 0. The third kappa shape index (κ3) is 5.55. The fraction of sp³-hybridized carbons (Fsp3) is 0.367. The molecule has 1 aliphatic rings. The van der Waals surface area contributed by atoms with Crippen molar-refractivity contribution in [2.45, 2.75) is 45.8 Å². The molecular formula is C30H34ClN3O3. The normalized spacial score (nSPS) is 19.9. The zero-order valence-corrected chi connectivity index (χ0v) is 22.5. The monoisotopic (exact) mass is 519 g/mol. The van der Waals surface area contributed by atoms with Crippen molar-refractivity contribution >= 4 is 23.4 Å². The minimum atomic E-state index is -1.10. The van der Waals surface area contributed by atoms with Gasteiger partial charge in [-0.05, 0) is 53.8 Å². The van der Waals surface area contributed by atoms with E-state index in [2.05, 4.69) is 10.3 Å². The van der Waals surface area contributed by atoms with Crippen molar-refractivity contribution in [3.8, 4) is 11.1 Å². The summed E-state index contributed by atoms with van der Waals surface area (Å²) in [5.74, 6) is -0.553. The number of rotatable bonds is 6. The summed E-state index contributed by atoms with van der Waals surface area (Å²) in [6, 6.07) is 17.6. The Morgan fingerprint density at radius 2 is 1.76 bits per heavy atom. The highest BCUT2D eigenvalue weighted by atomic mass is 35.5. The zero-order chi connectivity index (χ0) is 26.8. The number of pyridine rings is 1. The van der Waals surface area contributed by atoms with E-state index in [9.17, 15) is 14.7 Å². The first kappa shape index (κ1) is 26.8. The molecule has 2 heterocycles. The number of halogens is 1. The SMILES string of the molecule is CC(C)[C@@H](NC(=O)c1cccc(-c2cccnc2)c1)C(=O)N1CC[C@](O)(c2ccc(Cl)cc2)C(C)(C)C1. The van der Waals surface area contributed by atoms with Gasteiger partial charge in [0.25, 0.3) is 5.91 Å². The maximum absolute atomic E-state index is 13.7. The van der Waals surface area contributed by atoms with Crippen molar-refractivity contribution in [2.75, 3.05) is 13.1 Å². The van der Waals surface area contributed by atoms with Gasteiger partial charge in [-0.25, -0.2) is 0 Å². The molecule has 0 saturated carbocycles. The van der Waals surface area contributed by atoms with E-state index in [0.29, 0.717) is 30.1 Å². The molecule has 1 saturated heterocycles. The van der Waals surface area contributed by atoms with E-state index in [-0.39, 0.29) is 17.7 Å². The molecule has 1 fully saturated rings. The standard InChI is InChI=1S/C30H34ClN3O3/c1-20(2)26(33-27(35)22-8-5-7-21(17-22)23-9-6-15-32-18-23)28(36)34-16-14-30(37,29(3,4)19-34)24-10-12-25(31)13-11-24/h5-13,15,17-18,20,26,37H,14,16,19H2,1-4H3,(H,33,35)/t26-,30+/m1/s1. The number of amides is 2. The Morgan fingerprint density at radius 1 is 1.05 bits per heavy atom. The molecule has 1 aromatic heterocycles. The van der Waals surface area contributed by atoms with E-state index in [1.165, 1.54) is 0 Å². The average molecular weight is 520 g/mol. The van der Waals surface area contributed by atoms with Gasteiger partial charge in [-0.3, -0.25) is 14.6 Å². The molecule has 2 aromatic carbocycles. The topological polar surface area (TPSA) is 82.5 Å². The second kappa shape index (κ2) is 10.6. The van der Waals surface area contributed by atoms with Crippen molar-refractivity contribution in [2.24, 2.45) is 11.3 Å². The Bertz CT molecular complexity index is 1260. The molecule has 2 atom stereocenters. The lowest BCUT2D eigenvalue weighted by molar-refractivity contribution is -0.155. The second-order valence-electron chi connectivity index (χ2n) is 10.8. The van der Waals surface area contributed by atoms with Gasteiger partial charge in [-0.2, -0.15) is 0 Å². The maximum atomic E-state index is 13.7. The van der Waals surface area contributed by atoms with Crippen LogP contribution in [0.5, 0.6) is 0 Å². The lowest BCUT2D eigenvalue weighted by Crippen LogP contribution is -2.60. The molecule has 3 aromatic rings. The van der Waals surface area contributed by atoms with Gasteiger partial charge in [0, 0.05) is 47.0 Å². The number of benzene rings is 2. The summed E-state index contributed by atoms with van der Waals surface area (Å²) in [4.78, 5) is 32.8. The van der Waals surface area contributed by atoms with E-state index in [4.69, 9.17) is 11.6 Å². The van der Waals surface area contributed by atoms with Crippen LogP contribution in [0, 0.1) is 11.3 Å². The van der Waals surface area contributed by atoms with Gasteiger partial charge < -0.3 is 15.3 Å². The number of carbonyl (C=O) groups is 2. The fourth-order valence-electron chi connectivity index (χ4n) is 5.08. The van der Waals surface area contributed by atoms with Gasteiger partial charge in [0.05, 0.1) is 5.60 Å². The van der Waals surface area contributed by atoms with Crippen molar-refractivity contribution < 1.29 is 14.7 Å². The van der Waals surface area contributed by atoms with Gasteiger partial charge in [-0.1, -0.05) is 69.6 Å². The van der Waals surface area contributed by atoms with Crippen LogP contribution >= 0.6 is 11.6 Å². The number of nitrogens with one attached hydrogen (secondary N) is 1. The number of aliphatic hydroxyl groups is 1. The quantitative estimate of drug-likeness (QED) is 0.463. The molecule has 37 heavy (non-hydrogen) atoms. The molecule has 0 spiro atoms. The Balaban J connectivity index is 1.50. The Kier molecular flexibility index (Phi) is 7.72. The number of piperidine rings is 1. The third-order valence-electron chi connectivity index (χ3n) is 7.42. The van der Waals surface area contributed by atoms with Crippen LogP contribution in [0.1, 0.15) is 50.0 Å². The van der Waals surface area contributed by atoms with Gasteiger partial charge in [0.1, 0.15) is 6.04 Å². The number of hydrogen-bond donors (Lipinski definition) is 2. The number of aromatic nitrogens is 1. The molecule has 0 unspecified atom stereocenters. The van der Waals surface area contributed by atoms with Crippen molar-refractivity contribution in [1.29, 1.82) is 0 Å². The molecule has 2 amide bonds. The van der Waals surface area contributed by atoms with Gasteiger partial charge >= 0.3 is 0 Å². The first-order valence-corrected chi connectivity index (χ1v) is 13.0. The van der Waals surface area contributed by atoms with Crippen LogP contribution in [0.4, 0.5) is 0 Å². The van der Waals surface area contributed by atoms with Crippen LogP contribution in [0.15, 0.2) is 73.1 Å². The minimum absolute atomic E-state index is 0.113. The molecule has 6 nitrogen and oxygen atoms in total. The first-order chi connectivity index (χ1) is 17.5. The van der Waals surface area contributed by atoms with Gasteiger partial charge in [0.2, 0.25) is 5.91 Å². The van der Waals surface area contributed by atoms with Crippen LogP contribution in [0.2, 0.25) is 5.02 Å². The number of hydrogen-bond acceptors (Lipinski definition) is 4. The zero-order valence-electron chi connectivity index (χ0n) is 21.7. The van der Waals surface area contributed by atoms with Crippen molar-refractivity contribution in [3.63, 3.8) is 0 Å².